The number of nitrogens with one attached hydrogen (secondary N) is 1. The Balaban J connectivity index is 1.98. The van der Waals surface area contributed by atoms with E-state index in [2.05, 4.69) is 5.32 Å². The van der Waals surface area contributed by atoms with Crippen molar-refractivity contribution in [3.8, 4) is 0 Å². The maximum absolute atomic E-state index is 13.4. The summed E-state index contributed by atoms with van der Waals surface area (Å²) in [5, 5.41) is 2.29. The van der Waals surface area contributed by atoms with E-state index < -0.39 is 0 Å². The van der Waals surface area contributed by atoms with Crippen LogP contribution in [0.4, 0.5) is 14.5 Å². The number of carbonyl (C=O) groups excluding carboxylic acids is 1. The Hall–Kier alpha value is -1.88. The zero-order valence-corrected chi connectivity index (χ0v) is 12.5. The van der Waals surface area contributed by atoms with Crippen LogP contribution in [0.5, 0.6) is 0 Å². The first kappa shape index (κ1) is 15.5. The highest BCUT2D eigenvalue weighted by atomic mass is 32.2. The maximum atomic E-state index is 13.4. The average Bonchev–Trinajstić information content (AvgIpc) is 2.45. The molecule has 2 rings (SSSR count). The van der Waals surface area contributed by atoms with E-state index >= 15 is 0 Å². The summed E-state index contributed by atoms with van der Waals surface area (Å²) >= 11 is 1.31. The SMILES string of the molecule is Cc1ccc(NC(=O)C(C)Sc2ccc(F)cc2)cc1F. The summed E-state index contributed by atoms with van der Waals surface area (Å²) in [6.07, 6.45) is 0. The second-order valence-corrected chi connectivity index (χ2v) is 6.08. The van der Waals surface area contributed by atoms with E-state index in [9.17, 15) is 13.6 Å². The molecule has 0 aliphatic heterocycles. The lowest BCUT2D eigenvalue weighted by Gasteiger charge is -2.12. The Morgan fingerprint density at radius 3 is 2.43 bits per heavy atom. The Morgan fingerprint density at radius 1 is 1.14 bits per heavy atom. The molecule has 2 nitrogen and oxygen atoms in total. The molecule has 0 heterocycles. The van der Waals surface area contributed by atoms with Crippen LogP contribution in [0, 0.1) is 18.6 Å². The number of benzene rings is 2. The molecule has 110 valence electrons. The lowest BCUT2D eigenvalue weighted by atomic mass is 10.2. The molecule has 1 amide bonds. The van der Waals surface area contributed by atoms with Gasteiger partial charge in [0, 0.05) is 10.6 Å². The van der Waals surface area contributed by atoms with Gasteiger partial charge in [-0.2, -0.15) is 0 Å². The molecule has 0 bridgehead atoms. The molecule has 0 saturated carbocycles. The van der Waals surface area contributed by atoms with Crippen molar-refractivity contribution in [1.82, 2.24) is 0 Å². The molecule has 0 aliphatic carbocycles. The van der Waals surface area contributed by atoms with Gasteiger partial charge in [-0.15, -0.1) is 11.8 Å². The van der Waals surface area contributed by atoms with Crippen LogP contribution >= 0.6 is 11.8 Å². The molecule has 1 atom stereocenters. The highest BCUT2D eigenvalue weighted by Gasteiger charge is 2.15. The van der Waals surface area contributed by atoms with Crippen LogP contribution < -0.4 is 5.32 Å². The third kappa shape index (κ3) is 4.29. The lowest BCUT2D eigenvalue weighted by Crippen LogP contribution is -2.22. The fourth-order valence-electron chi connectivity index (χ4n) is 1.69. The number of halogens is 2. The third-order valence-electron chi connectivity index (χ3n) is 2.94. The summed E-state index contributed by atoms with van der Waals surface area (Å²) in [5.41, 5.74) is 0.955. The molecule has 0 radical (unpaired) electrons. The second-order valence-electron chi connectivity index (χ2n) is 4.67. The van der Waals surface area contributed by atoms with Gasteiger partial charge in [0.05, 0.1) is 5.25 Å². The number of hydrogen-bond donors (Lipinski definition) is 1. The smallest absolute Gasteiger partial charge is 0.237 e. The van der Waals surface area contributed by atoms with E-state index in [1.54, 1.807) is 38.1 Å². The van der Waals surface area contributed by atoms with Crippen LogP contribution in [0.1, 0.15) is 12.5 Å². The maximum Gasteiger partial charge on any atom is 0.237 e. The second kappa shape index (κ2) is 6.72. The number of rotatable bonds is 4. The first-order valence-corrected chi connectivity index (χ1v) is 7.33. The van der Waals surface area contributed by atoms with Crippen molar-refractivity contribution in [2.24, 2.45) is 0 Å². The number of aryl methyl sites for hydroxylation is 1. The number of anilines is 1. The largest absolute Gasteiger partial charge is 0.325 e. The van der Waals surface area contributed by atoms with E-state index in [1.165, 1.54) is 30.0 Å². The molecule has 1 N–H and O–H groups in total. The highest BCUT2D eigenvalue weighted by Crippen LogP contribution is 2.24. The van der Waals surface area contributed by atoms with Crippen molar-refractivity contribution in [2.45, 2.75) is 24.0 Å². The first-order chi connectivity index (χ1) is 9.95. The minimum Gasteiger partial charge on any atom is -0.325 e. The minimum absolute atomic E-state index is 0.229. The highest BCUT2D eigenvalue weighted by molar-refractivity contribution is 8.00. The summed E-state index contributed by atoms with van der Waals surface area (Å²) in [5.74, 6) is -0.897. The van der Waals surface area contributed by atoms with Gasteiger partial charge in [-0.3, -0.25) is 4.79 Å². The molecule has 2 aromatic rings. The van der Waals surface area contributed by atoms with Gasteiger partial charge in [-0.25, -0.2) is 8.78 Å². The van der Waals surface area contributed by atoms with Crippen molar-refractivity contribution in [3.05, 3.63) is 59.7 Å². The Bertz CT molecular complexity index is 643. The third-order valence-corrected chi connectivity index (χ3v) is 4.05. The quantitative estimate of drug-likeness (QED) is 0.849. The summed E-state index contributed by atoms with van der Waals surface area (Å²) < 4.78 is 26.2. The van der Waals surface area contributed by atoms with Gasteiger partial charge < -0.3 is 5.32 Å². The Labute approximate surface area is 126 Å². The van der Waals surface area contributed by atoms with Crippen LogP contribution in [0.25, 0.3) is 0 Å². The number of thioether (sulfide) groups is 1. The van der Waals surface area contributed by atoms with Crippen molar-refractivity contribution < 1.29 is 13.6 Å². The Kier molecular flexibility index (Phi) is 4.96. The predicted molar refractivity (Wildman–Crippen MR) is 81.5 cm³/mol. The van der Waals surface area contributed by atoms with E-state index in [0.29, 0.717) is 11.3 Å². The summed E-state index contributed by atoms with van der Waals surface area (Å²) in [6.45, 7) is 3.40. The lowest BCUT2D eigenvalue weighted by molar-refractivity contribution is -0.115. The fourth-order valence-corrected chi connectivity index (χ4v) is 2.55. The van der Waals surface area contributed by atoms with Gasteiger partial charge >= 0.3 is 0 Å². The van der Waals surface area contributed by atoms with E-state index in [-0.39, 0.29) is 22.8 Å². The van der Waals surface area contributed by atoms with Crippen molar-refractivity contribution in [3.63, 3.8) is 0 Å². The van der Waals surface area contributed by atoms with E-state index in [1.807, 2.05) is 0 Å². The summed E-state index contributed by atoms with van der Waals surface area (Å²) in [7, 11) is 0. The molecule has 2 aromatic carbocycles. The van der Waals surface area contributed by atoms with Gasteiger partial charge in [0.1, 0.15) is 11.6 Å². The first-order valence-electron chi connectivity index (χ1n) is 6.45. The minimum atomic E-state index is -0.375. The number of carbonyl (C=O) groups is 1. The van der Waals surface area contributed by atoms with Gasteiger partial charge in [-0.1, -0.05) is 6.07 Å². The molecular weight excluding hydrogens is 292 g/mol. The summed E-state index contributed by atoms with van der Waals surface area (Å²) in [4.78, 5) is 12.9. The average molecular weight is 307 g/mol. The molecular formula is C16H15F2NOS. The monoisotopic (exact) mass is 307 g/mol. The molecule has 21 heavy (non-hydrogen) atoms. The predicted octanol–water partition coefficient (Wildman–Crippen LogP) is 4.39. The number of hydrogen-bond acceptors (Lipinski definition) is 2. The van der Waals surface area contributed by atoms with Crippen LogP contribution in [0.2, 0.25) is 0 Å². The zero-order valence-electron chi connectivity index (χ0n) is 11.7. The van der Waals surface area contributed by atoms with E-state index in [0.717, 1.165) is 4.90 Å². The van der Waals surface area contributed by atoms with Crippen molar-refractivity contribution >= 4 is 23.4 Å². The molecule has 0 aliphatic rings. The van der Waals surface area contributed by atoms with Crippen LogP contribution in [-0.4, -0.2) is 11.2 Å². The molecule has 5 heteroatoms. The van der Waals surface area contributed by atoms with E-state index in [4.69, 9.17) is 0 Å². The fraction of sp³-hybridized carbons (Fsp3) is 0.188. The standard InChI is InChI=1S/C16H15F2NOS/c1-10-3-6-13(9-15(10)18)19-16(20)11(2)21-14-7-4-12(17)5-8-14/h3-9,11H,1-2H3,(H,19,20). The van der Waals surface area contributed by atoms with Crippen LogP contribution in [0.15, 0.2) is 47.4 Å². The Morgan fingerprint density at radius 2 is 1.81 bits per heavy atom. The van der Waals surface area contributed by atoms with Crippen LogP contribution in [-0.2, 0) is 4.79 Å². The van der Waals surface area contributed by atoms with Gasteiger partial charge in [0.2, 0.25) is 5.91 Å². The van der Waals surface area contributed by atoms with Crippen molar-refractivity contribution in [1.29, 1.82) is 0 Å². The van der Waals surface area contributed by atoms with Crippen molar-refractivity contribution in [2.75, 3.05) is 5.32 Å². The van der Waals surface area contributed by atoms with Gasteiger partial charge in [-0.05, 0) is 55.8 Å². The normalized spacial score (nSPS) is 12.0. The molecule has 0 spiro atoms. The molecule has 0 aromatic heterocycles. The molecule has 1 unspecified atom stereocenters. The number of amides is 1. The van der Waals surface area contributed by atoms with Crippen LogP contribution in [0.3, 0.4) is 0 Å². The van der Waals surface area contributed by atoms with Gasteiger partial charge in [0.15, 0.2) is 0 Å². The molecule has 0 saturated heterocycles. The topological polar surface area (TPSA) is 29.1 Å². The summed E-state index contributed by atoms with van der Waals surface area (Å²) in [6, 6.07) is 10.5. The molecule has 0 fully saturated rings. The zero-order chi connectivity index (χ0) is 15.4. The van der Waals surface area contributed by atoms with Gasteiger partial charge in [0.25, 0.3) is 0 Å².